The summed E-state index contributed by atoms with van der Waals surface area (Å²) in [5, 5.41) is 4.27. The monoisotopic (exact) mass is 396 g/mol. The van der Waals surface area contributed by atoms with Crippen molar-refractivity contribution in [1.29, 1.82) is 0 Å². The van der Waals surface area contributed by atoms with Gasteiger partial charge in [-0.1, -0.05) is 72.3 Å². The third-order valence-corrected chi connectivity index (χ3v) is 5.67. The Morgan fingerprint density at radius 2 is 1.67 bits per heavy atom. The zero-order chi connectivity index (χ0) is 20.9. The number of carbonyl (C=O) groups is 1. The van der Waals surface area contributed by atoms with Crippen LogP contribution in [-0.4, -0.2) is 10.5 Å². The molecule has 1 amide bonds. The number of para-hydroxylation sites is 1. The predicted molar refractivity (Wildman–Crippen MR) is 124 cm³/mol. The molecule has 0 aliphatic heterocycles. The maximum Gasteiger partial charge on any atom is 0.220 e. The van der Waals surface area contributed by atoms with Crippen molar-refractivity contribution in [1.82, 2.24) is 9.88 Å². The van der Waals surface area contributed by atoms with Crippen molar-refractivity contribution in [3.05, 3.63) is 107 Å². The largest absolute Gasteiger partial charge is 0.352 e. The van der Waals surface area contributed by atoms with E-state index in [1.807, 2.05) is 30.3 Å². The van der Waals surface area contributed by atoms with Gasteiger partial charge in [-0.2, -0.15) is 0 Å². The average Bonchev–Trinajstić information content (AvgIpc) is 3.12. The minimum absolute atomic E-state index is 0.0882. The van der Waals surface area contributed by atoms with E-state index in [0.717, 1.165) is 18.5 Å². The van der Waals surface area contributed by atoms with Crippen molar-refractivity contribution < 1.29 is 4.79 Å². The molecule has 0 aliphatic carbocycles. The van der Waals surface area contributed by atoms with Gasteiger partial charge in [-0.25, -0.2) is 0 Å². The molecule has 0 radical (unpaired) electrons. The summed E-state index contributed by atoms with van der Waals surface area (Å²) in [5.41, 5.74) is 7.49. The average molecular weight is 397 g/mol. The molecule has 0 aliphatic rings. The molecule has 1 N–H and O–H groups in total. The summed E-state index contributed by atoms with van der Waals surface area (Å²) in [5.74, 6) is 0.0882. The molecular formula is C27H28N2O. The third-order valence-electron chi connectivity index (χ3n) is 5.67. The summed E-state index contributed by atoms with van der Waals surface area (Å²) in [6.45, 7) is 5.72. The Balaban J connectivity index is 1.48. The highest BCUT2D eigenvalue weighted by Crippen LogP contribution is 2.24. The standard InChI is InChI=1S/C27H28N2O/c1-20-12-13-21(2)24(16-20)19-29-18-23(25-10-6-7-11-26(25)29)14-15-27(30)28-17-22-8-4-3-5-9-22/h3-13,16,18H,14-15,17,19H2,1-2H3,(H,28,30). The van der Waals surface area contributed by atoms with Gasteiger partial charge in [0, 0.05) is 36.6 Å². The Morgan fingerprint density at radius 1 is 0.900 bits per heavy atom. The Bertz CT molecular complexity index is 1160. The molecule has 3 nitrogen and oxygen atoms in total. The lowest BCUT2D eigenvalue weighted by atomic mass is 10.1. The molecule has 0 unspecified atom stereocenters. The molecular weight excluding hydrogens is 368 g/mol. The summed E-state index contributed by atoms with van der Waals surface area (Å²) < 4.78 is 2.31. The van der Waals surface area contributed by atoms with Gasteiger partial charge in [0.1, 0.15) is 0 Å². The van der Waals surface area contributed by atoms with Gasteiger partial charge in [-0.3, -0.25) is 4.79 Å². The van der Waals surface area contributed by atoms with Crippen LogP contribution in [0, 0.1) is 13.8 Å². The summed E-state index contributed by atoms with van der Waals surface area (Å²) in [6, 6.07) is 25.1. The van der Waals surface area contributed by atoms with E-state index in [2.05, 4.69) is 72.4 Å². The van der Waals surface area contributed by atoms with Crippen molar-refractivity contribution >= 4 is 16.8 Å². The highest BCUT2D eigenvalue weighted by molar-refractivity contribution is 5.85. The molecule has 0 atom stereocenters. The first-order valence-electron chi connectivity index (χ1n) is 10.5. The topological polar surface area (TPSA) is 34.0 Å². The number of hydrogen-bond donors (Lipinski definition) is 1. The van der Waals surface area contributed by atoms with Crippen LogP contribution in [0.4, 0.5) is 0 Å². The number of carbonyl (C=O) groups excluding carboxylic acids is 1. The minimum atomic E-state index is 0.0882. The van der Waals surface area contributed by atoms with Crippen molar-refractivity contribution in [2.75, 3.05) is 0 Å². The first kappa shape index (κ1) is 20.0. The number of benzene rings is 3. The Labute approximate surface area is 178 Å². The van der Waals surface area contributed by atoms with Crippen LogP contribution < -0.4 is 5.32 Å². The van der Waals surface area contributed by atoms with E-state index >= 15 is 0 Å². The number of nitrogens with one attached hydrogen (secondary N) is 1. The molecule has 3 aromatic carbocycles. The molecule has 0 bridgehead atoms. The summed E-state index contributed by atoms with van der Waals surface area (Å²) in [7, 11) is 0. The number of fused-ring (bicyclic) bond motifs is 1. The zero-order valence-electron chi connectivity index (χ0n) is 17.7. The van der Waals surface area contributed by atoms with Crippen molar-refractivity contribution in [3.63, 3.8) is 0 Å². The van der Waals surface area contributed by atoms with E-state index in [4.69, 9.17) is 0 Å². The second kappa shape index (κ2) is 9.00. The Morgan fingerprint density at radius 3 is 2.50 bits per heavy atom. The molecule has 30 heavy (non-hydrogen) atoms. The number of aryl methyl sites for hydroxylation is 3. The van der Waals surface area contributed by atoms with Gasteiger partial charge in [0.05, 0.1) is 0 Å². The molecule has 1 heterocycles. The molecule has 3 heteroatoms. The smallest absolute Gasteiger partial charge is 0.220 e. The van der Waals surface area contributed by atoms with E-state index in [1.165, 1.54) is 33.2 Å². The Kier molecular flexibility index (Phi) is 5.99. The van der Waals surface area contributed by atoms with Crippen LogP contribution in [-0.2, 0) is 24.3 Å². The summed E-state index contributed by atoms with van der Waals surface area (Å²) in [6.07, 6.45) is 3.45. The fourth-order valence-corrected chi connectivity index (χ4v) is 3.94. The van der Waals surface area contributed by atoms with Crippen LogP contribution in [0.2, 0.25) is 0 Å². The molecule has 4 rings (SSSR count). The second-order valence-electron chi connectivity index (χ2n) is 7.99. The third kappa shape index (κ3) is 4.62. The number of amides is 1. The highest BCUT2D eigenvalue weighted by Gasteiger charge is 2.11. The van der Waals surface area contributed by atoms with Gasteiger partial charge in [0.15, 0.2) is 0 Å². The lowest BCUT2D eigenvalue weighted by Crippen LogP contribution is -2.22. The maximum absolute atomic E-state index is 12.4. The van der Waals surface area contributed by atoms with Crippen LogP contribution in [0.5, 0.6) is 0 Å². The molecule has 0 fully saturated rings. The van der Waals surface area contributed by atoms with Gasteiger partial charge in [0.25, 0.3) is 0 Å². The number of hydrogen-bond acceptors (Lipinski definition) is 1. The minimum Gasteiger partial charge on any atom is -0.352 e. The molecule has 0 saturated carbocycles. The van der Waals surface area contributed by atoms with Crippen LogP contribution in [0.25, 0.3) is 10.9 Å². The van der Waals surface area contributed by atoms with Crippen molar-refractivity contribution in [2.45, 2.75) is 39.8 Å². The lowest BCUT2D eigenvalue weighted by molar-refractivity contribution is -0.121. The van der Waals surface area contributed by atoms with E-state index < -0.39 is 0 Å². The normalized spacial score (nSPS) is 11.0. The number of rotatable bonds is 7. The van der Waals surface area contributed by atoms with Crippen molar-refractivity contribution in [3.8, 4) is 0 Å². The molecule has 0 saturated heterocycles. The highest BCUT2D eigenvalue weighted by atomic mass is 16.1. The van der Waals surface area contributed by atoms with Gasteiger partial charge >= 0.3 is 0 Å². The van der Waals surface area contributed by atoms with Gasteiger partial charge in [-0.15, -0.1) is 0 Å². The van der Waals surface area contributed by atoms with Gasteiger partial charge in [0.2, 0.25) is 5.91 Å². The van der Waals surface area contributed by atoms with Crippen LogP contribution >= 0.6 is 0 Å². The molecule has 4 aromatic rings. The number of aromatic nitrogens is 1. The van der Waals surface area contributed by atoms with E-state index in [9.17, 15) is 4.79 Å². The first-order valence-corrected chi connectivity index (χ1v) is 10.5. The Hall–Kier alpha value is -3.33. The number of nitrogens with zero attached hydrogens (tertiary/aromatic N) is 1. The predicted octanol–water partition coefficient (Wildman–Crippen LogP) is 5.56. The lowest BCUT2D eigenvalue weighted by Gasteiger charge is -2.10. The quantitative estimate of drug-likeness (QED) is 0.436. The van der Waals surface area contributed by atoms with E-state index in [1.54, 1.807) is 0 Å². The van der Waals surface area contributed by atoms with Gasteiger partial charge in [-0.05, 0) is 48.6 Å². The van der Waals surface area contributed by atoms with Crippen molar-refractivity contribution in [2.24, 2.45) is 0 Å². The summed E-state index contributed by atoms with van der Waals surface area (Å²) >= 11 is 0. The van der Waals surface area contributed by atoms with Crippen LogP contribution in [0.3, 0.4) is 0 Å². The fourth-order valence-electron chi connectivity index (χ4n) is 3.94. The zero-order valence-corrected chi connectivity index (χ0v) is 17.7. The second-order valence-corrected chi connectivity index (χ2v) is 7.99. The maximum atomic E-state index is 12.4. The van der Waals surface area contributed by atoms with E-state index in [0.29, 0.717) is 13.0 Å². The van der Waals surface area contributed by atoms with E-state index in [-0.39, 0.29) is 5.91 Å². The molecule has 0 spiro atoms. The molecule has 1 aromatic heterocycles. The van der Waals surface area contributed by atoms with Crippen LogP contribution in [0.15, 0.2) is 79.0 Å². The van der Waals surface area contributed by atoms with Crippen LogP contribution in [0.1, 0.15) is 34.2 Å². The SMILES string of the molecule is Cc1ccc(C)c(Cn2cc(CCC(=O)NCc3ccccc3)c3ccccc32)c1. The summed E-state index contributed by atoms with van der Waals surface area (Å²) in [4.78, 5) is 12.4. The molecule has 152 valence electrons. The fraction of sp³-hybridized carbons (Fsp3) is 0.222. The van der Waals surface area contributed by atoms with Gasteiger partial charge < -0.3 is 9.88 Å². The first-order chi connectivity index (χ1) is 14.6.